The molecule has 2 heterocycles. The van der Waals surface area contributed by atoms with Crippen molar-refractivity contribution in [2.45, 2.75) is 52.6 Å². The third kappa shape index (κ3) is 6.06. The molecule has 6 atom stereocenters. The summed E-state index contributed by atoms with van der Waals surface area (Å²) in [5.74, 6) is -2.75. The Morgan fingerprint density at radius 3 is 2.54 bits per heavy atom. The number of amides is 2. The Hall–Kier alpha value is -1.97. The van der Waals surface area contributed by atoms with E-state index in [-0.39, 0.29) is 42.8 Å². The Bertz CT molecular complexity index is 766. The molecule has 9 nitrogen and oxygen atoms in total. The van der Waals surface area contributed by atoms with Crippen LogP contribution in [0.2, 0.25) is 0 Å². The second kappa shape index (κ2) is 12.8. The Morgan fingerprint density at radius 1 is 1.23 bits per heavy atom. The van der Waals surface area contributed by atoms with Crippen molar-refractivity contribution in [2.75, 3.05) is 52.6 Å². The zero-order chi connectivity index (χ0) is 25.5. The van der Waals surface area contributed by atoms with E-state index in [2.05, 4.69) is 17.1 Å². The third-order valence-electron chi connectivity index (χ3n) is 7.64. The highest BCUT2D eigenvalue weighted by molar-refractivity contribution is 5.96. The van der Waals surface area contributed by atoms with Crippen LogP contribution in [0.15, 0.2) is 12.2 Å². The fourth-order valence-corrected chi connectivity index (χ4v) is 5.86. The Morgan fingerprint density at radius 2 is 1.94 bits per heavy atom. The van der Waals surface area contributed by atoms with Gasteiger partial charge in [-0.15, -0.1) is 0 Å². The minimum atomic E-state index is -0.771. The van der Waals surface area contributed by atoms with Gasteiger partial charge in [-0.1, -0.05) is 39.3 Å². The zero-order valence-corrected chi connectivity index (χ0v) is 21.7. The summed E-state index contributed by atoms with van der Waals surface area (Å²) < 4.78 is 10.8. The van der Waals surface area contributed by atoms with E-state index in [1.807, 2.05) is 26.0 Å². The largest absolute Gasteiger partial charge is 0.466 e. The molecule has 0 aromatic carbocycles. The smallest absolute Gasteiger partial charge is 0.310 e. The number of aliphatic hydroxyl groups is 1. The maximum absolute atomic E-state index is 13.9. The van der Waals surface area contributed by atoms with Crippen LogP contribution in [0.3, 0.4) is 0 Å². The highest BCUT2D eigenvalue weighted by Crippen LogP contribution is 2.46. The lowest BCUT2D eigenvalue weighted by atomic mass is 9.69. The van der Waals surface area contributed by atoms with Crippen molar-refractivity contribution in [3.05, 3.63) is 12.2 Å². The maximum atomic E-state index is 13.9. The van der Waals surface area contributed by atoms with E-state index in [0.717, 1.165) is 25.9 Å². The predicted octanol–water partition coefficient (Wildman–Crippen LogP) is 1.06. The molecule has 2 fully saturated rings. The normalized spacial score (nSPS) is 29.8. The SMILES string of the molecule is CCC[C@@H]1C=C[C@H]2[C@H](C(=O)N([C@@H](CO)C(C)C)[C@@H]2C(=O)NCCN2CCOCC2)[C@@H]1C(=O)OCC. The lowest BCUT2D eigenvalue weighted by Gasteiger charge is -2.35. The van der Waals surface area contributed by atoms with Crippen molar-refractivity contribution < 1.29 is 29.0 Å². The lowest BCUT2D eigenvalue weighted by molar-refractivity contribution is -0.156. The van der Waals surface area contributed by atoms with E-state index in [1.165, 1.54) is 0 Å². The Labute approximate surface area is 209 Å². The van der Waals surface area contributed by atoms with Gasteiger partial charge in [0.1, 0.15) is 6.04 Å². The van der Waals surface area contributed by atoms with Gasteiger partial charge in [-0.25, -0.2) is 0 Å². The van der Waals surface area contributed by atoms with Gasteiger partial charge in [0.15, 0.2) is 0 Å². The average Bonchev–Trinajstić information content (AvgIpc) is 3.12. The highest BCUT2D eigenvalue weighted by atomic mass is 16.5. The molecule has 0 spiro atoms. The van der Waals surface area contributed by atoms with Gasteiger partial charge in [0.2, 0.25) is 11.8 Å². The zero-order valence-electron chi connectivity index (χ0n) is 21.7. The van der Waals surface area contributed by atoms with Crippen molar-refractivity contribution in [3.8, 4) is 0 Å². The van der Waals surface area contributed by atoms with E-state index in [0.29, 0.717) is 26.3 Å². The molecule has 9 heteroatoms. The number of hydrogen-bond acceptors (Lipinski definition) is 7. The number of allylic oxidation sites excluding steroid dienone is 1. The fourth-order valence-electron chi connectivity index (χ4n) is 5.86. The van der Waals surface area contributed by atoms with Gasteiger partial charge in [-0.3, -0.25) is 19.3 Å². The minimum absolute atomic E-state index is 0.0517. The first-order valence-corrected chi connectivity index (χ1v) is 13.2. The summed E-state index contributed by atoms with van der Waals surface area (Å²) in [6, 6.07) is -1.28. The molecule has 2 N–H and O–H groups in total. The van der Waals surface area contributed by atoms with E-state index < -0.39 is 29.8 Å². The van der Waals surface area contributed by atoms with Crippen molar-refractivity contribution in [2.24, 2.45) is 29.6 Å². The molecular weight excluding hydrogens is 450 g/mol. The van der Waals surface area contributed by atoms with Crippen molar-refractivity contribution in [1.29, 1.82) is 0 Å². The van der Waals surface area contributed by atoms with Gasteiger partial charge in [0.05, 0.1) is 44.3 Å². The first-order valence-electron chi connectivity index (χ1n) is 13.2. The molecule has 0 radical (unpaired) electrons. The summed E-state index contributed by atoms with van der Waals surface area (Å²) in [5, 5.41) is 13.2. The molecule has 198 valence electrons. The molecule has 0 bridgehead atoms. The summed E-state index contributed by atoms with van der Waals surface area (Å²) in [4.78, 5) is 44.4. The minimum Gasteiger partial charge on any atom is -0.466 e. The fraction of sp³-hybridized carbons (Fsp3) is 0.808. The standard InChI is InChI=1S/C26H43N3O6/c1-5-7-18-8-9-19-22(21(18)26(33)35-6-2)25(32)29(20(16-30)17(3)4)23(19)24(31)27-10-11-28-12-14-34-15-13-28/h8-9,17-23,30H,5-7,10-16H2,1-4H3,(H,27,31)/t18-,19+,20+,21-,22+,23+/m1/s1. The first-order chi connectivity index (χ1) is 16.8. The molecule has 1 aliphatic carbocycles. The molecule has 2 saturated heterocycles. The van der Waals surface area contributed by atoms with Crippen LogP contribution in [0, 0.1) is 29.6 Å². The van der Waals surface area contributed by atoms with Gasteiger partial charge >= 0.3 is 5.97 Å². The molecular formula is C26H43N3O6. The molecule has 0 aromatic rings. The molecule has 0 aromatic heterocycles. The number of ether oxygens (including phenoxy) is 2. The van der Waals surface area contributed by atoms with Crippen molar-refractivity contribution in [3.63, 3.8) is 0 Å². The number of hydrogen-bond donors (Lipinski definition) is 2. The van der Waals surface area contributed by atoms with Crippen LogP contribution in [0.25, 0.3) is 0 Å². The number of morpholine rings is 1. The number of esters is 1. The molecule has 3 aliphatic rings. The molecule has 2 amide bonds. The molecule has 35 heavy (non-hydrogen) atoms. The van der Waals surface area contributed by atoms with Crippen LogP contribution in [0.4, 0.5) is 0 Å². The first kappa shape index (κ1) is 27.6. The van der Waals surface area contributed by atoms with Gasteiger partial charge in [0, 0.05) is 32.1 Å². The van der Waals surface area contributed by atoms with Crippen LogP contribution in [0.5, 0.6) is 0 Å². The summed E-state index contributed by atoms with van der Waals surface area (Å²) >= 11 is 0. The summed E-state index contributed by atoms with van der Waals surface area (Å²) in [7, 11) is 0. The third-order valence-corrected chi connectivity index (χ3v) is 7.64. The quantitative estimate of drug-likeness (QED) is 0.327. The van der Waals surface area contributed by atoms with Gasteiger partial charge in [-0.05, 0) is 25.2 Å². The van der Waals surface area contributed by atoms with Crippen molar-refractivity contribution in [1.82, 2.24) is 15.1 Å². The molecule has 0 unspecified atom stereocenters. The maximum Gasteiger partial charge on any atom is 0.310 e. The highest BCUT2D eigenvalue weighted by Gasteiger charge is 2.59. The number of aliphatic hydroxyl groups excluding tert-OH is 1. The topological polar surface area (TPSA) is 108 Å². The van der Waals surface area contributed by atoms with Gasteiger partial charge < -0.3 is 24.8 Å². The van der Waals surface area contributed by atoms with Crippen LogP contribution in [-0.2, 0) is 23.9 Å². The number of rotatable bonds is 11. The van der Waals surface area contributed by atoms with E-state index in [4.69, 9.17) is 9.47 Å². The monoisotopic (exact) mass is 493 g/mol. The number of carbonyl (C=O) groups excluding carboxylic acids is 3. The number of carbonyl (C=O) groups is 3. The number of likely N-dealkylation sites (tertiary alicyclic amines) is 1. The second-order valence-corrected chi connectivity index (χ2v) is 10.1. The van der Waals surface area contributed by atoms with E-state index in [9.17, 15) is 19.5 Å². The Balaban J connectivity index is 1.88. The number of nitrogens with zero attached hydrogens (tertiary/aromatic N) is 2. The van der Waals surface area contributed by atoms with Gasteiger partial charge in [-0.2, -0.15) is 0 Å². The number of nitrogens with one attached hydrogen (secondary N) is 1. The summed E-state index contributed by atoms with van der Waals surface area (Å²) in [5.41, 5.74) is 0. The average molecular weight is 494 g/mol. The second-order valence-electron chi connectivity index (χ2n) is 10.1. The lowest BCUT2D eigenvalue weighted by Crippen LogP contribution is -2.54. The van der Waals surface area contributed by atoms with Crippen LogP contribution < -0.4 is 5.32 Å². The van der Waals surface area contributed by atoms with E-state index >= 15 is 0 Å². The van der Waals surface area contributed by atoms with E-state index in [1.54, 1.807) is 11.8 Å². The molecule has 2 aliphatic heterocycles. The Kier molecular flexibility index (Phi) is 10.1. The molecule has 0 saturated carbocycles. The number of fused-ring (bicyclic) bond motifs is 1. The van der Waals surface area contributed by atoms with Crippen LogP contribution in [0.1, 0.15) is 40.5 Å². The summed E-state index contributed by atoms with van der Waals surface area (Å²) in [6.45, 7) is 11.9. The summed E-state index contributed by atoms with van der Waals surface area (Å²) in [6.07, 6.45) is 5.59. The predicted molar refractivity (Wildman–Crippen MR) is 131 cm³/mol. The van der Waals surface area contributed by atoms with Crippen LogP contribution >= 0.6 is 0 Å². The van der Waals surface area contributed by atoms with Gasteiger partial charge in [0.25, 0.3) is 0 Å². The molecule has 3 rings (SSSR count). The van der Waals surface area contributed by atoms with Crippen LogP contribution in [-0.4, -0.2) is 97.4 Å². The van der Waals surface area contributed by atoms with Crippen molar-refractivity contribution >= 4 is 17.8 Å².